The molecule has 1 aliphatic heterocycles. The van der Waals surface area contributed by atoms with E-state index >= 15 is 0 Å². The van der Waals surface area contributed by atoms with Crippen LogP contribution in [0.15, 0.2) is 40.5 Å². The quantitative estimate of drug-likeness (QED) is 0.898. The van der Waals surface area contributed by atoms with Gasteiger partial charge >= 0.3 is 5.97 Å². The normalized spacial score (nSPS) is 18.6. The summed E-state index contributed by atoms with van der Waals surface area (Å²) < 4.78 is 0. The zero-order valence-electron chi connectivity index (χ0n) is 11.8. The van der Waals surface area contributed by atoms with E-state index in [1.54, 1.807) is 18.7 Å². The first-order valence-electron chi connectivity index (χ1n) is 6.51. The van der Waals surface area contributed by atoms with Crippen LogP contribution in [0.5, 0.6) is 0 Å². The fraction of sp³-hybridized carbons (Fsp3) is 0.333. The van der Waals surface area contributed by atoms with Crippen LogP contribution in [0.1, 0.15) is 31.0 Å². The minimum Gasteiger partial charge on any atom is -0.478 e. The molecule has 1 unspecified atom stereocenters. The van der Waals surface area contributed by atoms with Gasteiger partial charge < -0.3 is 10.4 Å². The Morgan fingerprint density at radius 2 is 2.00 bits per heavy atom. The van der Waals surface area contributed by atoms with Gasteiger partial charge in [-0.15, -0.1) is 0 Å². The maximum absolute atomic E-state index is 11.5. The van der Waals surface area contributed by atoms with Crippen LogP contribution in [0, 0.1) is 6.92 Å². The van der Waals surface area contributed by atoms with Crippen molar-refractivity contribution in [3.05, 3.63) is 46.7 Å². The van der Waals surface area contributed by atoms with Gasteiger partial charge in [-0.3, -0.25) is 0 Å². The van der Waals surface area contributed by atoms with Crippen LogP contribution in [0.2, 0.25) is 0 Å². The monoisotopic (exact) mass is 290 g/mol. The Bertz CT molecular complexity index is 576. The molecule has 0 fully saturated rings. The zero-order chi connectivity index (χ0) is 14.7. The second-order valence-electron chi connectivity index (χ2n) is 4.65. The van der Waals surface area contributed by atoms with E-state index in [9.17, 15) is 9.90 Å². The van der Waals surface area contributed by atoms with E-state index in [1.807, 2.05) is 38.1 Å². The van der Waals surface area contributed by atoms with E-state index in [0.717, 1.165) is 22.0 Å². The molecule has 0 radical (unpaired) electrons. The van der Waals surface area contributed by atoms with Gasteiger partial charge in [0.25, 0.3) is 0 Å². The number of thioether (sulfide) groups is 1. The number of carbonyl (C=O) groups is 1. The molecule has 0 amide bonds. The molecule has 0 bridgehead atoms. The maximum atomic E-state index is 11.5. The molecule has 0 aromatic heterocycles. The number of rotatable bonds is 3. The van der Waals surface area contributed by atoms with Crippen molar-refractivity contribution >= 4 is 22.9 Å². The summed E-state index contributed by atoms with van der Waals surface area (Å²) in [5, 5.41) is 13.3. The second kappa shape index (κ2) is 6.13. The summed E-state index contributed by atoms with van der Waals surface area (Å²) in [7, 11) is 0. The lowest BCUT2D eigenvalue weighted by molar-refractivity contribution is -0.133. The van der Waals surface area contributed by atoms with Crippen LogP contribution < -0.4 is 5.32 Å². The molecular formula is C15H18N2O2S. The largest absolute Gasteiger partial charge is 0.478 e. The number of carboxylic acid groups (broad SMARTS) is 1. The van der Waals surface area contributed by atoms with Crippen LogP contribution in [0.3, 0.4) is 0 Å². The van der Waals surface area contributed by atoms with E-state index < -0.39 is 12.0 Å². The topological polar surface area (TPSA) is 61.7 Å². The first kappa shape index (κ1) is 14.7. The van der Waals surface area contributed by atoms with E-state index in [-0.39, 0.29) is 0 Å². The van der Waals surface area contributed by atoms with Gasteiger partial charge in [0.15, 0.2) is 5.17 Å². The Kier molecular flexibility index (Phi) is 4.49. The van der Waals surface area contributed by atoms with E-state index in [4.69, 9.17) is 0 Å². The third-order valence-electron chi connectivity index (χ3n) is 3.12. The summed E-state index contributed by atoms with van der Waals surface area (Å²) >= 11 is 1.58. The molecule has 0 spiro atoms. The standard InChI is InChI=1S/C15H18N2O2S/c1-4-20-15-16-10(3)12(14(18)19)13(17-15)11-7-5-9(2)6-8-11/h5-8,13H,4H2,1-3H3,(H,16,17)(H,18,19). The SMILES string of the molecule is CCSC1=NC(c2ccc(C)cc2)C(C(=O)O)=C(C)N1. The first-order valence-corrected chi connectivity index (χ1v) is 7.49. The van der Waals surface area contributed by atoms with Gasteiger partial charge in [0.1, 0.15) is 6.04 Å². The van der Waals surface area contributed by atoms with Crippen LogP contribution in [0.25, 0.3) is 0 Å². The van der Waals surface area contributed by atoms with E-state index in [2.05, 4.69) is 10.3 Å². The minimum absolute atomic E-state index is 0.314. The number of hydrogen-bond donors (Lipinski definition) is 2. The molecule has 1 aromatic carbocycles. The van der Waals surface area contributed by atoms with Gasteiger partial charge in [0, 0.05) is 5.70 Å². The number of nitrogens with one attached hydrogen (secondary N) is 1. The van der Waals surface area contributed by atoms with Gasteiger partial charge in [-0.05, 0) is 25.2 Å². The molecule has 2 rings (SSSR count). The minimum atomic E-state index is -0.926. The maximum Gasteiger partial charge on any atom is 0.335 e. The number of allylic oxidation sites excluding steroid dienone is 1. The van der Waals surface area contributed by atoms with Crippen molar-refractivity contribution in [1.29, 1.82) is 0 Å². The molecule has 2 N–H and O–H groups in total. The molecule has 4 nitrogen and oxygen atoms in total. The summed E-state index contributed by atoms with van der Waals surface area (Å²) in [4.78, 5) is 16.1. The number of benzene rings is 1. The van der Waals surface area contributed by atoms with Crippen LogP contribution in [-0.4, -0.2) is 22.0 Å². The van der Waals surface area contributed by atoms with Crippen LogP contribution in [0.4, 0.5) is 0 Å². The Balaban J connectivity index is 2.44. The van der Waals surface area contributed by atoms with Crippen molar-refractivity contribution in [2.75, 3.05) is 5.75 Å². The van der Waals surface area contributed by atoms with E-state index in [1.165, 1.54) is 0 Å². The third kappa shape index (κ3) is 3.04. The fourth-order valence-corrected chi connectivity index (χ4v) is 2.80. The smallest absolute Gasteiger partial charge is 0.335 e. The zero-order valence-corrected chi connectivity index (χ0v) is 12.6. The highest BCUT2D eigenvalue weighted by Gasteiger charge is 2.28. The molecule has 5 heteroatoms. The highest BCUT2D eigenvalue weighted by Crippen LogP contribution is 2.32. The lowest BCUT2D eigenvalue weighted by Crippen LogP contribution is -2.29. The van der Waals surface area contributed by atoms with Gasteiger partial charge in [-0.25, -0.2) is 9.79 Å². The average molecular weight is 290 g/mol. The Morgan fingerprint density at radius 1 is 1.35 bits per heavy atom. The number of aryl methyl sites for hydroxylation is 1. The number of aliphatic imine (C=N–C) groups is 1. The Morgan fingerprint density at radius 3 is 2.55 bits per heavy atom. The number of aliphatic carboxylic acids is 1. The highest BCUT2D eigenvalue weighted by molar-refractivity contribution is 8.13. The van der Waals surface area contributed by atoms with Crippen molar-refractivity contribution in [3.63, 3.8) is 0 Å². The molecular weight excluding hydrogens is 272 g/mol. The van der Waals surface area contributed by atoms with Crippen molar-refractivity contribution in [2.45, 2.75) is 26.8 Å². The van der Waals surface area contributed by atoms with Gasteiger partial charge in [0.2, 0.25) is 0 Å². The lowest BCUT2D eigenvalue weighted by atomic mass is 9.96. The third-order valence-corrected chi connectivity index (χ3v) is 3.89. The van der Waals surface area contributed by atoms with Crippen molar-refractivity contribution in [3.8, 4) is 0 Å². The van der Waals surface area contributed by atoms with Crippen LogP contribution in [-0.2, 0) is 4.79 Å². The first-order chi connectivity index (χ1) is 9.52. The molecule has 0 saturated carbocycles. The summed E-state index contributed by atoms with van der Waals surface area (Å²) in [5.74, 6) is -0.0350. The van der Waals surface area contributed by atoms with Crippen LogP contribution >= 0.6 is 11.8 Å². The number of amidine groups is 1. The summed E-state index contributed by atoms with van der Waals surface area (Å²) in [6.45, 7) is 5.84. The molecule has 1 atom stereocenters. The number of nitrogens with zero attached hydrogens (tertiary/aromatic N) is 1. The summed E-state index contributed by atoms with van der Waals surface area (Å²) in [6, 6.07) is 7.41. The van der Waals surface area contributed by atoms with Crippen molar-refractivity contribution in [1.82, 2.24) is 5.32 Å². The Hall–Kier alpha value is -1.75. The molecule has 0 saturated heterocycles. The number of carboxylic acids is 1. The van der Waals surface area contributed by atoms with Gasteiger partial charge in [0.05, 0.1) is 5.57 Å². The summed E-state index contributed by atoms with van der Waals surface area (Å²) in [5.41, 5.74) is 3.03. The fourth-order valence-electron chi connectivity index (χ4n) is 2.12. The molecule has 1 aromatic rings. The highest BCUT2D eigenvalue weighted by atomic mass is 32.2. The summed E-state index contributed by atoms with van der Waals surface area (Å²) in [6.07, 6.45) is 0. The van der Waals surface area contributed by atoms with Crippen molar-refractivity contribution < 1.29 is 9.90 Å². The molecule has 1 aliphatic rings. The lowest BCUT2D eigenvalue weighted by Gasteiger charge is -2.24. The predicted octanol–water partition coefficient (Wildman–Crippen LogP) is 3.11. The number of hydrogen-bond acceptors (Lipinski definition) is 4. The molecule has 106 valence electrons. The van der Waals surface area contributed by atoms with Crippen molar-refractivity contribution in [2.24, 2.45) is 4.99 Å². The Labute approximate surface area is 123 Å². The van der Waals surface area contributed by atoms with E-state index in [0.29, 0.717) is 11.3 Å². The van der Waals surface area contributed by atoms with Gasteiger partial charge in [-0.2, -0.15) is 0 Å². The average Bonchev–Trinajstić information content (AvgIpc) is 2.38. The second-order valence-corrected chi connectivity index (χ2v) is 5.90. The molecule has 1 heterocycles. The predicted molar refractivity (Wildman–Crippen MR) is 83.0 cm³/mol. The van der Waals surface area contributed by atoms with Gasteiger partial charge in [-0.1, -0.05) is 48.5 Å². The molecule has 0 aliphatic carbocycles. The molecule has 20 heavy (non-hydrogen) atoms.